The third-order valence-corrected chi connectivity index (χ3v) is 3.87. The van der Waals surface area contributed by atoms with Gasteiger partial charge in [0.1, 0.15) is 6.07 Å². The lowest BCUT2D eigenvalue weighted by molar-refractivity contribution is -0.119. The maximum absolute atomic E-state index is 12.0. The van der Waals surface area contributed by atoms with Crippen molar-refractivity contribution < 1.29 is 13.2 Å². The molecule has 0 atom stereocenters. The molecule has 0 spiro atoms. The molecule has 0 saturated carbocycles. The van der Waals surface area contributed by atoms with Crippen LogP contribution >= 0.6 is 0 Å². The summed E-state index contributed by atoms with van der Waals surface area (Å²) in [6, 6.07) is 5.65. The lowest BCUT2D eigenvalue weighted by Gasteiger charge is -2.09. The van der Waals surface area contributed by atoms with Gasteiger partial charge in [-0.15, -0.1) is 0 Å². The van der Waals surface area contributed by atoms with Crippen molar-refractivity contribution in [2.45, 2.75) is 18.2 Å². The number of carbonyl (C=O) groups is 1. The lowest BCUT2D eigenvalue weighted by atomic mass is 10.2. The highest BCUT2D eigenvalue weighted by Gasteiger charge is 2.19. The van der Waals surface area contributed by atoms with Crippen LogP contribution in [0.15, 0.2) is 23.1 Å². The van der Waals surface area contributed by atoms with Crippen LogP contribution in [0.5, 0.6) is 0 Å². The van der Waals surface area contributed by atoms with Gasteiger partial charge >= 0.3 is 0 Å². The first-order valence-electron chi connectivity index (χ1n) is 5.96. The number of carbonyl (C=O) groups excluding carboxylic acids is 1. The Morgan fingerprint density at radius 1 is 1.45 bits per heavy atom. The fourth-order valence-electron chi connectivity index (χ4n) is 1.43. The summed E-state index contributed by atoms with van der Waals surface area (Å²) in [7, 11) is -3.93. The second-order valence-corrected chi connectivity index (χ2v) is 5.78. The van der Waals surface area contributed by atoms with Crippen molar-refractivity contribution in [1.82, 2.24) is 10.0 Å². The second kappa shape index (κ2) is 6.88. The van der Waals surface area contributed by atoms with E-state index in [0.717, 1.165) is 6.42 Å². The number of benzene rings is 1. The molecule has 0 aromatic heterocycles. The molecule has 1 aromatic rings. The molecule has 0 saturated heterocycles. The first-order valence-corrected chi connectivity index (χ1v) is 7.45. The van der Waals surface area contributed by atoms with E-state index >= 15 is 0 Å². The van der Waals surface area contributed by atoms with Crippen molar-refractivity contribution in [1.29, 1.82) is 5.26 Å². The minimum absolute atomic E-state index is 0.0635. The molecule has 0 heterocycles. The van der Waals surface area contributed by atoms with Crippen LogP contribution in [0, 0.1) is 11.3 Å². The summed E-state index contributed by atoms with van der Waals surface area (Å²) in [5, 5.41) is 11.5. The molecule has 1 rings (SSSR count). The Hall–Kier alpha value is -2.11. The molecule has 0 aliphatic heterocycles. The molecule has 4 N–H and O–H groups in total. The lowest BCUT2D eigenvalue weighted by Crippen LogP contribution is -2.37. The largest absolute Gasteiger partial charge is 0.399 e. The van der Waals surface area contributed by atoms with Gasteiger partial charge in [-0.1, -0.05) is 6.92 Å². The molecule has 20 heavy (non-hydrogen) atoms. The Bertz CT molecular complexity index is 635. The predicted molar refractivity (Wildman–Crippen MR) is 74.1 cm³/mol. The van der Waals surface area contributed by atoms with E-state index in [1.165, 1.54) is 18.2 Å². The average molecular weight is 296 g/mol. The molecule has 0 aliphatic carbocycles. The number of nitriles is 1. The van der Waals surface area contributed by atoms with Crippen LogP contribution < -0.4 is 15.8 Å². The number of sulfonamides is 1. The van der Waals surface area contributed by atoms with Gasteiger partial charge in [0, 0.05) is 12.2 Å². The third-order valence-electron chi connectivity index (χ3n) is 2.41. The van der Waals surface area contributed by atoms with Crippen LogP contribution in [0.1, 0.15) is 18.9 Å². The number of hydrogen-bond acceptors (Lipinski definition) is 5. The van der Waals surface area contributed by atoms with Gasteiger partial charge in [-0.25, -0.2) is 13.1 Å². The molecule has 7 nitrogen and oxygen atoms in total. The highest BCUT2D eigenvalue weighted by atomic mass is 32.2. The summed E-state index contributed by atoms with van der Waals surface area (Å²) in [5.41, 5.74) is 5.72. The van der Waals surface area contributed by atoms with Gasteiger partial charge in [-0.05, 0) is 24.6 Å². The summed E-state index contributed by atoms with van der Waals surface area (Å²) in [6.07, 6.45) is 0.759. The molecule has 0 bridgehead atoms. The van der Waals surface area contributed by atoms with E-state index in [2.05, 4.69) is 10.0 Å². The predicted octanol–water partition coefficient (Wildman–Crippen LogP) is -0.0550. The fourth-order valence-corrected chi connectivity index (χ4v) is 2.55. The molecule has 0 radical (unpaired) electrons. The smallest absolute Gasteiger partial charge is 0.242 e. The zero-order valence-corrected chi connectivity index (χ0v) is 11.8. The minimum Gasteiger partial charge on any atom is -0.399 e. The van der Waals surface area contributed by atoms with Crippen molar-refractivity contribution in [3.8, 4) is 6.07 Å². The quantitative estimate of drug-likeness (QED) is 0.634. The Balaban J connectivity index is 2.85. The first-order chi connectivity index (χ1) is 9.40. The number of nitrogen functional groups attached to an aromatic ring is 1. The summed E-state index contributed by atoms with van der Waals surface area (Å²) in [6.45, 7) is 1.99. The molecule has 108 valence electrons. The molecule has 0 aliphatic rings. The van der Waals surface area contributed by atoms with Crippen LogP contribution in [-0.2, 0) is 14.8 Å². The average Bonchev–Trinajstić information content (AvgIpc) is 2.42. The maximum atomic E-state index is 12.0. The monoisotopic (exact) mass is 296 g/mol. The highest BCUT2D eigenvalue weighted by molar-refractivity contribution is 7.89. The van der Waals surface area contributed by atoms with Crippen molar-refractivity contribution in [3.63, 3.8) is 0 Å². The van der Waals surface area contributed by atoms with Crippen LogP contribution in [0.2, 0.25) is 0 Å². The second-order valence-electron chi connectivity index (χ2n) is 4.04. The third kappa shape index (κ3) is 4.22. The van der Waals surface area contributed by atoms with Crippen molar-refractivity contribution >= 4 is 21.6 Å². The van der Waals surface area contributed by atoms with Gasteiger partial charge in [0.15, 0.2) is 0 Å². The number of rotatable bonds is 6. The van der Waals surface area contributed by atoms with E-state index < -0.39 is 15.9 Å². The standard InChI is InChI=1S/C12H16N4O3S/c1-2-5-15-12(17)8-16-20(18,19)11-4-3-10(14)6-9(11)7-13/h3-4,6,16H,2,5,8,14H2,1H3,(H,15,17). The van der Waals surface area contributed by atoms with Crippen LogP contribution in [-0.4, -0.2) is 27.4 Å². The van der Waals surface area contributed by atoms with Crippen molar-refractivity contribution in [2.75, 3.05) is 18.8 Å². The molecular formula is C12H16N4O3S. The normalized spacial score (nSPS) is 10.8. The van der Waals surface area contributed by atoms with Gasteiger partial charge in [-0.2, -0.15) is 5.26 Å². The Labute approximate surface area is 117 Å². The Morgan fingerprint density at radius 3 is 2.75 bits per heavy atom. The number of hydrogen-bond donors (Lipinski definition) is 3. The molecule has 1 aromatic carbocycles. The van der Waals surface area contributed by atoms with E-state index in [-0.39, 0.29) is 17.0 Å². The fraction of sp³-hybridized carbons (Fsp3) is 0.333. The van der Waals surface area contributed by atoms with Crippen molar-refractivity contribution in [3.05, 3.63) is 23.8 Å². The SMILES string of the molecule is CCCNC(=O)CNS(=O)(=O)c1ccc(N)cc1C#N. The molecule has 8 heteroatoms. The molecule has 0 fully saturated rings. The van der Waals surface area contributed by atoms with Gasteiger partial charge in [0.05, 0.1) is 17.0 Å². The number of nitrogens with one attached hydrogen (secondary N) is 2. The molecule has 1 amide bonds. The van der Waals surface area contributed by atoms with Gasteiger partial charge in [0.2, 0.25) is 15.9 Å². The zero-order chi connectivity index (χ0) is 15.2. The van der Waals surface area contributed by atoms with Crippen LogP contribution in [0.3, 0.4) is 0 Å². The summed E-state index contributed by atoms with van der Waals surface area (Å²) >= 11 is 0. The number of amides is 1. The van der Waals surface area contributed by atoms with E-state index in [4.69, 9.17) is 11.0 Å². The number of anilines is 1. The maximum Gasteiger partial charge on any atom is 0.242 e. The van der Waals surface area contributed by atoms with Gasteiger partial charge < -0.3 is 11.1 Å². The molecule has 0 unspecified atom stereocenters. The summed E-state index contributed by atoms with van der Waals surface area (Å²) < 4.78 is 26.2. The van der Waals surface area contributed by atoms with E-state index in [9.17, 15) is 13.2 Å². The van der Waals surface area contributed by atoms with Crippen LogP contribution in [0.4, 0.5) is 5.69 Å². The van der Waals surface area contributed by atoms with E-state index in [1.54, 1.807) is 6.07 Å². The first kappa shape index (κ1) is 15.9. The molecular weight excluding hydrogens is 280 g/mol. The number of nitrogens with zero attached hydrogens (tertiary/aromatic N) is 1. The zero-order valence-electron chi connectivity index (χ0n) is 11.0. The van der Waals surface area contributed by atoms with E-state index in [1.807, 2.05) is 6.92 Å². The number of nitrogens with two attached hydrogens (primary N) is 1. The Kier molecular flexibility index (Phi) is 5.49. The van der Waals surface area contributed by atoms with Gasteiger partial charge in [0.25, 0.3) is 0 Å². The summed E-state index contributed by atoms with van der Waals surface area (Å²) in [4.78, 5) is 11.2. The topological polar surface area (TPSA) is 125 Å². The minimum atomic E-state index is -3.93. The Morgan fingerprint density at radius 2 is 2.15 bits per heavy atom. The highest BCUT2D eigenvalue weighted by Crippen LogP contribution is 2.17. The van der Waals surface area contributed by atoms with Gasteiger partial charge in [-0.3, -0.25) is 4.79 Å². The summed E-state index contributed by atoms with van der Waals surface area (Å²) in [5.74, 6) is -0.427. The van der Waals surface area contributed by atoms with Crippen molar-refractivity contribution in [2.24, 2.45) is 0 Å². The van der Waals surface area contributed by atoms with E-state index in [0.29, 0.717) is 12.2 Å². The van der Waals surface area contributed by atoms with Crippen LogP contribution in [0.25, 0.3) is 0 Å².